The summed E-state index contributed by atoms with van der Waals surface area (Å²) >= 11 is 0. The van der Waals surface area contributed by atoms with Gasteiger partial charge in [0.2, 0.25) is 0 Å². The summed E-state index contributed by atoms with van der Waals surface area (Å²) < 4.78 is 31.4. The zero-order chi connectivity index (χ0) is 19.2. The quantitative estimate of drug-likeness (QED) is 0.682. The van der Waals surface area contributed by atoms with E-state index >= 15 is 0 Å². The molecule has 0 atom stereocenters. The van der Waals surface area contributed by atoms with Crippen LogP contribution in [0.25, 0.3) is 0 Å². The van der Waals surface area contributed by atoms with Crippen molar-refractivity contribution in [2.45, 2.75) is 6.54 Å². The number of rotatable bonds is 6. The van der Waals surface area contributed by atoms with Crippen molar-refractivity contribution in [1.82, 2.24) is 4.98 Å². The highest BCUT2D eigenvalue weighted by atomic mass is 19.2. The number of anilines is 2. The summed E-state index contributed by atoms with van der Waals surface area (Å²) in [5.41, 5.74) is 1.43. The van der Waals surface area contributed by atoms with E-state index in [-0.39, 0.29) is 5.69 Å². The fraction of sp³-hybridized carbons (Fsp3) is 0.100. The van der Waals surface area contributed by atoms with Crippen molar-refractivity contribution in [2.24, 2.45) is 0 Å². The molecular formula is C20H17F2N3O2. The second-order valence-corrected chi connectivity index (χ2v) is 5.68. The van der Waals surface area contributed by atoms with E-state index in [1.54, 1.807) is 19.2 Å². The molecule has 138 valence electrons. The van der Waals surface area contributed by atoms with Gasteiger partial charge < -0.3 is 15.4 Å². The van der Waals surface area contributed by atoms with Crippen LogP contribution in [-0.4, -0.2) is 18.0 Å². The number of pyridine rings is 1. The van der Waals surface area contributed by atoms with Crippen molar-refractivity contribution in [3.63, 3.8) is 0 Å². The Balaban J connectivity index is 1.62. The molecular weight excluding hydrogens is 352 g/mol. The average Bonchev–Trinajstić information content (AvgIpc) is 2.69. The number of aromatic nitrogens is 1. The molecule has 3 aromatic rings. The van der Waals surface area contributed by atoms with Gasteiger partial charge in [-0.3, -0.25) is 4.79 Å². The Hall–Kier alpha value is -3.48. The molecule has 0 saturated heterocycles. The van der Waals surface area contributed by atoms with Gasteiger partial charge in [-0.15, -0.1) is 0 Å². The Morgan fingerprint density at radius 3 is 2.59 bits per heavy atom. The third kappa shape index (κ3) is 4.58. The number of para-hydroxylation sites is 1. The molecule has 5 nitrogen and oxygen atoms in total. The minimum absolute atomic E-state index is 0.164. The Labute approximate surface area is 155 Å². The van der Waals surface area contributed by atoms with E-state index in [9.17, 15) is 13.6 Å². The van der Waals surface area contributed by atoms with E-state index in [1.165, 1.54) is 12.3 Å². The highest BCUT2D eigenvalue weighted by Crippen LogP contribution is 2.19. The number of halogens is 2. The molecule has 2 aromatic carbocycles. The summed E-state index contributed by atoms with van der Waals surface area (Å²) in [6, 6.07) is 14.0. The SMILES string of the molecule is COc1ccccc1CNc1ccc(C(=O)Nc2ccc(F)c(F)c2)cn1. The van der Waals surface area contributed by atoms with Crippen LogP contribution in [0.2, 0.25) is 0 Å². The first kappa shape index (κ1) is 18.3. The Kier molecular flexibility index (Phi) is 5.61. The van der Waals surface area contributed by atoms with Gasteiger partial charge >= 0.3 is 0 Å². The molecule has 0 unspecified atom stereocenters. The van der Waals surface area contributed by atoms with Gasteiger partial charge in [-0.25, -0.2) is 13.8 Å². The maximum absolute atomic E-state index is 13.2. The molecule has 0 aliphatic carbocycles. The Morgan fingerprint density at radius 1 is 1.07 bits per heavy atom. The maximum Gasteiger partial charge on any atom is 0.257 e. The van der Waals surface area contributed by atoms with Gasteiger partial charge in [0.05, 0.1) is 12.7 Å². The molecule has 1 amide bonds. The normalized spacial score (nSPS) is 10.3. The van der Waals surface area contributed by atoms with Crippen molar-refractivity contribution in [3.05, 3.63) is 83.6 Å². The molecule has 0 bridgehead atoms. The number of ether oxygens (including phenoxy) is 1. The zero-order valence-corrected chi connectivity index (χ0v) is 14.5. The topological polar surface area (TPSA) is 63.2 Å². The molecule has 1 heterocycles. The zero-order valence-electron chi connectivity index (χ0n) is 14.5. The molecule has 0 spiro atoms. The second-order valence-electron chi connectivity index (χ2n) is 5.68. The van der Waals surface area contributed by atoms with Crippen LogP contribution in [0.3, 0.4) is 0 Å². The monoisotopic (exact) mass is 369 g/mol. The van der Waals surface area contributed by atoms with Crippen LogP contribution in [-0.2, 0) is 6.54 Å². The van der Waals surface area contributed by atoms with Crippen molar-refractivity contribution in [2.75, 3.05) is 17.7 Å². The van der Waals surface area contributed by atoms with E-state index in [1.807, 2.05) is 24.3 Å². The van der Waals surface area contributed by atoms with Crippen molar-refractivity contribution < 1.29 is 18.3 Å². The van der Waals surface area contributed by atoms with E-state index in [0.29, 0.717) is 17.9 Å². The number of benzene rings is 2. The lowest BCUT2D eigenvalue weighted by atomic mass is 10.2. The fourth-order valence-electron chi connectivity index (χ4n) is 2.44. The van der Waals surface area contributed by atoms with Gasteiger partial charge in [0.25, 0.3) is 5.91 Å². The summed E-state index contributed by atoms with van der Waals surface area (Å²) in [4.78, 5) is 16.4. The minimum atomic E-state index is -1.03. The maximum atomic E-state index is 13.2. The summed E-state index contributed by atoms with van der Waals surface area (Å²) in [5, 5.41) is 5.65. The predicted molar refractivity (Wildman–Crippen MR) is 98.9 cm³/mol. The number of methoxy groups -OCH3 is 1. The van der Waals surface area contributed by atoms with Crippen LogP contribution in [0.1, 0.15) is 15.9 Å². The summed E-state index contributed by atoms with van der Waals surface area (Å²) in [6.07, 6.45) is 1.40. The largest absolute Gasteiger partial charge is 0.496 e. The first-order valence-electron chi connectivity index (χ1n) is 8.15. The highest BCUT2D eigenvalue weighted by Gasteiger charge is 2.09. The summed E-state index contributed by atoms with van der Waals surface area (Å²) in [7, 11) is 1.61. The van der Waals surface area contributed by atoms with Crippen LogP contribution in [0.4, 0.5) is 20.3 Å². The first-order valence-corrected chi connectivity index (χ1v) is 8.15. The van der Waals surface area contributed by atoms with Gasteiger partial charge in [0, 0.05) is 30.1 Å². The molecule has 2 N–H and O–H groups in total. The smallest absolute Gasteiger partial charge is 0.257 e. The number of carbonyl (C=O) groups excluding carboxylic acids is 1. The molecule has 0 aliphatic rings. The number of nitrogens with zero attached hydrogens (tertiary/aromatic N) is 1. The van der Waals surface area contributed by atoms with E-state index in [4.69, 9.17) is 4.74 Å². The third-order valence-corrected chi connectivity index (χ3v) is 3.86. The standard InChI is InChI=1S/C20H17F2N3O2/c1-27-18-5-3-2-4-13(18)11-23-19-9-6-14(12-24-19)20(26)25-15-7-8-16(21)17(22)10-15/h2-10,12H,11H2,1H3,(H,23,24)(H,25,26). The summed E-state index contributed by atoms with van der Waals surface area (Å²) in [5.74, 6) is -1.11. The van der Waals surface area contributed by atoms with Gasteiger partial charge in [-0.05, 0) is 30.3 Å². The molecule has 0 fully saturated rings. The molecule has 0 aliphatic heterocycles. The first-order chi connectivity index (χ1) is 13.1. The number of carbonyl (C=O) groups is 1. The summed E-state index contributed by atoms with van der Waals surface area (Å²) in [6.45, 7) is 0.511. The van der Waals surface area contributed by atoms with Crippen LogP contribution in [0, 0.1) is 11.6 Å². The predicted octanol–water partition coefficient (Wildman–Crippen LogP) is 4.23. The van der Waals surface area contributed by atoms with Gasteiger partial charge in [-0.2, -0.15) is 0 Å². The van der Waals surface area contributed by atoms with E-state index < -0.39 is 17.5 Å². The number of hydrogen-bond acceptors (Lipinski definition) is 4. The molecule has 1 aromatic heterocycles. The van der Waals surface area contributed by atoms with Crippen LogP contribution < -0.4 is 15.4 Å². The average molecular weight is 369 g/mol. The lowest BCUT2D eigenvalue weighted by Crippen LogP contribution is -2.13. The van der Waals surface area contributed by atoms with Crippen molar-refractivity contribution >= 4 is 17.4 Å². The minimum Gasteiger partial charge on any atom is -0.496 e. The van der Waals surface area contributed by atoms with Crippen molar-refractivity contribution in [1.29, 1.82) is 0 Å². The van der Waals surface area contributed by atoms with Gasteiger partial charge in [0.15, 0.2) is 11.6 Å². The highest BCUT2D eigenvalue weighted by molar-refractivity contribution is 6.04. The lowest BCUT2D eigenvalue weighted by molar-refractivity contribution is 0.102. The van der Waals surface area contributed by atoms with E-state index in [2.05, 4.69) is 15.6 Å². The fourth-order valence-corrected chi connectivity index (χ4v) is 2.44. The molecule has 0 saturated carbocycles. The Morgan fingerprint density at radius 2 is 1.89 bits per heavy atom. The van der Waals surface area contributed by atoms with Gasteiger partial charge in [-0.1, -0.05) is 18.2 Å². The van der Waals surface area contributed by atoms with Gasteiger partial charge in [0.1, 0.15) is 11.6 Å². The van der Waals surface area contributed by atoms with E-state index in [0.717, 1.165) is 23.4 Å². The molecule has 3 rings (SSSR count). The van der Waals surface area contributed by atoms with Crippen LogP contribution >= 0.6 is 0 Å². The molecule has 7 heteroatoms. The third-order valence-electron chi connectivity index (χ3n) is 3.86. The van der Waals surface area contributed by atoms with Crippen LogP contribution in [0.5, 0.6) is 5.75 Å². The van der Waals surface area contributed by atoms with Crippen molar-refractivity contribution in [3.8, 4) is 5.75 Å². The molecule has 0 radical (unpaired) electrons. The number of amides is 1. The Bertz CT molecular complexity index is 946. The lowest BCUT2D eigenvalue weighted by Gasteiger charge is -2.10. The van der Waals surface area contributed by atoms with Crippen LogP contribution in [0.15, 0.2) is 60.8 Å². The number of hydrogen-bond donors (Lipinski definition) is 2. The molecule has 27 heavy (non-hydrogen) atoms. The second kappa shape index (κ2) is 8.27. The number of nitrogens with one attached hydrogen (secondary N) is 2.